The summed E-state index contributed by atoms with van der Waals surface area (Å²) in [6.45, 7) is 10.9. The summed E-state index contributed by atoms with van der Waals surface area (Å²) < 4.78 is 10.9. The molecule has 0 aliphatic rings. The Balaban J connectivity index is 2.78. The Morgan fingerprint density at radius 2 is 2.00 bits per heavy atom. The Morgan fingerprint density at radius 3 is 2.55 bits per heavy atom. The van der Waals surface area contributed by atoms with Crippen LogP contribution in [0.25, 0.3) is 0 Å². The number of esters is 1. The summed E-state index contributed by atoms with van der Waals surface area (Å²) in [5, 5.41) is 3.15. The Labute approximate surface area is 121 Å². The SMILES string of the molecule is CCNC(C)(COc1ccc(C)cc1C)C(=O)OCC. The van der Waals surface area contributed by atoms with Crippen LogP contribution >= 0.6 is 0 Å². The van der Waals surface area contributed by atoms with Crippen LogP contribution in [-0.4, -0.2) is 31.3 Å². The molecule has 112 valence electrons. The van der Waals surface area contributed by atoms with Crippen LogP contribution in [0.2, 0.25) is 0 Å². The van der Waals surface area contributed by atoms with E-state index in [9.17, 15) is 4.79 Å². The second-order valence-electron chi connectivity index (χ2n) is 5.14. The van der Waals surface area contributed by atoms with Gasteiger partial charge in [0.05, 0.1) is 6.61 Å². The highest BCUT2D eigenvalue weighted by Crippen LogP contribution is 2.20. The standard InChI is InChI=1S/C16H25NO3/c1-6-17-16(5,15(18)19-7-2)11-20-14-9-8-12(3)10-13(14)4/h8-10,17H,6-7,11H2,1-5H3. The zero-order valence-corrected chi connectivity index (χ0v) is 13.1. The molecular formula is C16H25NO3. The van der Waals surface area contributed by atoms with E-state index in [0.717, 1.165) is 11.3 Å². The van der Waals surface area contributed by atoms with E-state index in [-0.39, 0.29) is 12.6 Å². The van der Waals surface area contributed by atoms with Gasteiger partial charge in [-0.3, -0.25) is 5.32 Å². The zero-order valence-electron chi connectivity index (χ0n) is 13.1. The highest BCUT2D eigenvalue weighted by Gasteiger charge is 2.35. The minimum absolute atomic E-state index is 0.240. The van der Waals surface area contributed by atoms with Gasteiger partial charge in [-0.05, 0) is 45.9 Å². The lowest BCUT2D eigenvalue weighted by atomic mass is 10.0. The number of ether oxygens (including phenoxy) is 2. The number of carbonyl (C=O) groups is 1. The molecule has 0 aromatic heterocycles. The average Bonchev–Trinajstić information content (AvgIpc) is 2.38. The molecular weight excluding hydrogens is 254 g/mol. The quantitative estimate of drug-likeness (QED) is 0.779. The number of rotatable bonds is 7. The van der Waals surface area contributed by atoms with Crippen LogP contribution < -0.4 is 10.1 Å². The molecule has 0 amide bonds. The van der Waals surface area contributed by atoms with Crippen molar-refractivity contribution in [2.24, 2.45) is 0 Å². The maximum atomic E-state index is 12.1. The molecule has 0 spiro atoms. The van der Waals surface area contributed by atoms with Gasteiger partial charge in [0, 0.05) is 0 Å². The molecule has 0 heterocycles. The van der Waals surface area contributed by atoms with Gasteiger partial charge >= 0.3 is 5.97 Å². The molecule has 0 aliphatic heterocycles. The summed E-state index contributed by atoms with van der Waals surface area (Å²) in [7, 11) is 0. The molecule has 1 atom stereocenters. The van der Waals surface area contributed by atoms with Gasteiger partial charge in [-0.1, -0.05) is 24.6 Å². The van der Waals surface area contributed by atoms with Crippen LogP contribution in [-0.2, 0) is 9.53 Å². The molecule has 4 nitrogen and oxygen atoms in total. The van der Waals surface area contributed by atoms with E-state index in [1.165, 1.54) is 5.56 Å². The molecule has 0 fully saturated rings. The first-order chi connectivity index (χ1) is 9.42. The summed E-state index contributed by atoms with van der Waals surface area (Å²) in [6.07, 6.45) is 0. The molecule has 0 radical (unpaired) electrons. The lowest BCUT2D eigenvalue weighted by molar-refractivity contribution is -0.151. The minimum Gasteiger partial charge on any atom is -0.491 e. The summed E-state index contributed by atoms with van der Waals surface area (Å²) in [6, 6.07) is 5.99. The number of aryl methyl sites for hydroxylation is 2. The first-order valence-electron chi connectivity index (χ1n) is 7.05. The van der Waals surface area contributed by atoms with E-state index < -0.39 is 5.54 Å². The number of hydrogen-bond acceptors (Lipinski definition) is 4. The molecule has 0 saturated carbocycles. The van der Waals surface area contributed by atoms with Crippen molar-refractivity contribution in [3.05, 3.63) is 29.3 Å². The molecule has 1 unspecified atom stereocenters. The van der Waals surface area contributed by atoms with Gasteiger partial charge in [0.15, 0.2) is 0 Å². The number of benzene rings is 1. The summed E-state index contributed by atoms with van der Waals surface area (Å²) in [4.78, 5) is 12.1. The van der Waals surface area contributed by atoms with Crippen LogP contribution in [0, 0.1) is 13.8 Å². The van der Waals surface area contributed by atoms with E-state index in [1.54, 1.807) is 13.8 Å². The van der Waals surface area contributed by atoms with E-state index in [4.69, 9.17) is 9.47 Å². The lowest BCUT2D eigenvalue weighted by Gasteiger charge is -2.28. The van der Waals surface area contributed by atoms with Gasteiger partial charge < -0.3 is 9.47 Å². The number of likely N-dealkylation sites (N-methyl/N-ethyl adjacent to an activating group) is 1. The number of carbonyl (C=O) groups excluding carboxylic acids is 1. The highest BCUT2D eigenvalue weighted by atomic mass is 16.5. The fourth-order valence-corrected chi connectivity index (χ4v) is 2.05. The van der Waals surface area contributed by atoms with Crippen LogP contribution in [0.1, 0.15) is 31.9 Å². The van der Waals surface area contributed by atoms with Gasteiger partial charge in [0.1, 0.15) is 17.9 Å². The van der Waals surface area contributed by atoms with Gasteiger partial charge in [0.25, 0.3) is 0 Å². The molecule has 0 bridgehead atoms. The third kappa shape index (κ3) is 4.23. The van der Waals surface area contributed by atoms with Gasteiger partial charge in [-0.2, -0.15) is 0 Å². The Hall–Kier alpha value is -1.55. The van der Waals surface area contributed by atoms with E-state index in [1.807, 2.05) is 32.9 Å². The van der Waals surface area contributed by atoms with Crippen molar-refractivity contribution in [3.8, 4) is 5.75 Å². The Bertz CT molecular complexity index is 459. The van der Waals surface area contributed by atoms with E-state index >= 15 is 0 Å². The second kappa shape index (κ2) is 7.29. The van der Waals surface area contributed by atoms with Crippen molar-refractivity contribution in [1.82, 2.24) is 5.32 Å². The van der Waals surface area contributed by atoms with Crippen LogP contribution in [0.3, 0.4) is 0 Å². The monoisotopic (exact) mass is 279 g/mol. The lowest BCUT2D eigenvalue weighted by Crippen LogP contribution is -2.54. The van der Waals surface area contributed by atoms with Crippen molar-refractivity contribution < 1.29 is 14.3 Å². The normalized spacial score (nSPS) is 13.7. The number of nitrogens with one attached hydrogen (secondary N) is 1. The molecule has 1 rings (SSSR count). The molecule has 0 aliphatic carbocycles. The molecule has 4 heteroatoms. The minimum atomic E-state index is -0.831. The third-order valence-electron chi connectivity index (χ3n) is 3.14. The largest absolute Gasteiger partial charge is 0.491 e. The maximum Gasteiger partial charge on any atom is 0.329 e. The maximum absolute atomic E-state index is 12.1. The topological polar surface area (TPSA) is 47.6 Å². The summed E-state index contributed by atoms with van der Waals surface area (Å²) in [5.41, 5.74) is 1.42. The predicted octanol–water partition coefficient (Wildman–Crippen LogP) is 2.61. The Kier molecular flexibility index (Phi) is 6.02. The predicted molar refractivity (Wildman–Crippen MR) is 80.1 cm³/mol. The van der Waals surface area contributed by atoms with E-state index in [0.29, 0.717) is 13.2 Å². The van der Waals surface area contributed by atoms with Gasteiger partial charge in [0.2, 0.25) is 0 Å². The van der Waals surface area contributed by atoms with E-state index in [2.05, 4.69) is 11.4 Å². The van der Waals surface area contributed by atoms with Gasteiger partial charge in [-0.25, -0.2) is 4.79 Å². The smallest absolute Gasteiger partial charge is 0.329 e. The fraction of sp³-hybridized carbons (Fsp3) is 0.562. The molecule has 1 N–H and O–H groups in total. The second-order valence-corrected chi connectivity index (χ2v) is 5.14. The zero-order chi connectivity index (χ0) is 15.2. The van der Waals surface area contributed by atoms with Gasteiger partial charge in [-0.15, -0.1) is 0 Å². The summed E-state index contributed by atoms with van der Waals surface area (Å²) >= 11 is 0. The third-order valence-corrected chi connectivity index (χ3v) is 3.14. The molecule has 1 aromatic carbocycles. The summed E-state index contributed by atoms with van der Waals surface area (Å²) in [5.74, 6) is 0.510. The first kappa shape index (κ1) is 16.5. The molecule has 0 saturated heterocycles. The fourth-order valence-electron chi connectivity index (χ4n) is 2.05. The molecule has 20 heavy (non-hydrogen) atoms. The van der Waals surface area contributed by atoms with Crippen LogP contribution in [0.5, 0.6) is 5.75 Å². The van der Waals surface area contributed by atoms with Crippen molar-refractivity contribution in [3.63, 3.8) is 0 Å². The molecule has 1 aromatic rings. The van der Waals surface area contributed by atoms with Crippen molar-refractivity contribution in [2.75, 3.05) is 19.8 Å². The van der Waals surface area contributed by atoms with Crippen molar-refractivity contribution >= 4 is 5.97 Å². The average molecular weight is 279 g/mol. The first-order valence-corrected chi connectivity index (χ1v) is 7.05. The van der Waals surface area contributed by atoms with Crippen LogP contribution in [0.4, 0.5) is 0 Å². The van der Waals surface area contributed by atoms with Crippen molar-refractivity contribution in [2.45, 2.75) is 40.2 Å². The number of hydrogen-bond donors (Lipinski definition) is 1. The Morgan fingerprint density at radius 1 is 1.30 bits per heavy atom. The highest BCUT2D eigenvalue weighted by molar-refractivity contribution is 5.80. The van der Waals surface area contributed by atoms with Crippen LogP contribution in [0.15, 0.2) is 18.2 Å². The van der Waals surface area contributed by atoms with Crippen molar-refractivity contribution in [1.29, 1.82) is 0 Å².